The number of aliphatic hydroxyl groups excluding tert-OH is 1. The maximum absolute atomic E-state index is 12.8. The van der Waals surface area contributed by atoms with Crippen molar-refractivity contribution in [1.29, 1.82) is 0 Å². The Bertz CT molecular complexity index is 265. The van der Waals surface area contributed by atoms with Crippen molar-refractivity contribution in [3.63, 3.8) is 0 Å². The van der Waals surface area contributed by atoms with E-state index in [1.165, 1.54) is 19.1 Å². The summed E-state index contributed by atoms with van der Waals surface area (Å²) in [7, 11) is 0. The summed E-state index contributed by atoms with van der Waals surface area (Å²) in [4.78, 5) is 3.71. The van der Waals surface area contributed by atoms with E-state index in [4.69, 9.17) is 5.11 Å². The van der Waals surface area contributed by atoms with E-state index in [0.717, 1.165) is 0 Å². The van der Waals surface area contributed by atoms with E-state index in [0.29, 0.717) is 5.03 Å². The second-order valence-corrected chi connectivity index (χ2v) is 2.67. The monoisotopic (exact) mass is 173 g/mol. The lowest BCUT2D eigenvalue weighted by atomic mass is 10.2. The van der Waals surface area contributed by atoms with Gasteiger partial charge >= 0.3 is 0 Å². The second kappa shape index (κ2) is 3.19. The number of rotatable bonds is 1. The number of nitrogens with zero attached hydrogens (tertiary/aromatic N) is 1. The predicted octanol–water partition coefficient (Wildman–Crippen LogP) is 1.56. The standard InChI is InChI=1S/C7H8FNOS/c1-4(10)7-5(8)2-3-6(11)9-7/h2-4,10H,1H3,(H,9,11). The third-order valence-electron chi connectivity index (χ3n) is 1.25. The van der Waals surface area contributed by atoms with Gasteiger partial charge in [0, 0.05) is 0 Å². The van der Waals surface area contributed by atoms with Crippen molar-refractivity contribution in [3.05, 3.63) is 23.6 Å². The van der Waals surface area contributed by atoms with Gasteiger partial charge in [-0.05, 0) is 19.1 Å². The molecule has 0 aliphatic rings. The normalized spacial score (nSPS) is 13.1. The number of thiol groups is 1. The molecule has 0 saturated carbocycles. The van der Waals surface area contributed by atoms with Gasteiger partial charge in [0.15, 0.2) is 0 Å². The van der Waals surface area contributed by atoms with Crippen LogP contribution in [0.25, 0.3) is 0 Å². The minimum atomic E-state index is -0.887. The van der Waals surface area contributed by atoms with E-state index in [2.05, 4.69) is 17.6 Å². The molecule has 4 heteroatoms. The summed E-state index contributed by atoms with van der Waals surface area (Å²) < 4.78 is 12.8. The molecule has 60 valence electrons. The summed E-state index contributed by atoms with van der Waals surface area (Å²) in [5.41, 5.74) is 0.0394. The molecule has 0 aliphatic carbocycles. The molecule has 0 radical (unpaired) electrons. The molecule has 1 heterocycles. The quantitative estimate of drug-likeness (QED) is 0.632. The fourth-order valence-electron chi connectivity index (χ4n) is 0.740. The third kappa shape index (κ3) is 1.91. The summed E-state index contributed by atoms with van der Waals surface area (Å²) in [6.45, 7) is 1.46. The lowest BCUT2D eigenvalue weighted by Crippen LogP contribution is -1.99. The van der Waals surface area contributed by atoms with E-state index >= 15 is 0 Å². The topological polar surface area (TPSA) is 33.1 Å². The molecular formula is C7H8FNOS. The molecule has 0 aromatic carbocycles. The highest BCUT2D eigenvalue weighted by molar-refractivity contribution is 7.80. The molecule has 0 saturated heterocycles. The SMILES string of the molecule is CC(O)c1nc(S)ccc1F. The van der Waals surface area contributed by atoms with E-state index < -0.39 is 11.9 Å². The Morgan fingerprint density at radius 1 is 1.64 bits per heavy atom. The highest BCUT2D eigenvalue weighted by atomic mass is 32.1. The minimum Gasteiger partial charge on any atom is -0.387 e. The van der Waals surface area contributed by atoms with Gasteiger partial charge in [-0.25, -0.2) is 9.37 Å². The zero-order chi connectivity index (χ0) is 8.43. The molecule has 0 amide bonds. The second-order valence-electron chi connectivity index (χ2n) is 2.21. The van der Waals surface area contributed by atoms with E-state index in [1.54, 1.807) is 0 Å². The number of hydrogen-bond acceptors (Lipinski definition) is 3. The summed E-state index contributed by atoms with van der Waals surface area (Å²) in [5.74, 6) is -0.502. The van der Waals surface area contributed by atoms with Gasteiger partial charge in [-0.1, -0.05) is 0 Å². The molecule has 1 unspecified atom stereocenters. The molecule has 0 aliphatic heterocycles. The number of hydrogen-bond donors (Lipinski definition) is 2. The van der Waals surface area contributed by atoms with Gasteiger partial charge in [-0.15, -0.1) is 12.6 Å². The highest BCUT2D eigenvalue weighted by Crippen LogP contribution is 2.15. The maximum atomic E-state index is 12.8. The fourth-order valence-corrected chi connectivity index (χ4v) is 0.922. The van der Waals surface area contributed by atoms with E-state index in [-0.39, 0.29) is 5.69 Å². The van der Waals surface area contributed by atoms with Gasteiger partial charge in [0.25, 0.3) is 0 Å². The lowest BCUT2D eigenvalue weighted by Gasteiger charge is -2.04. The molecule has 11 heavy (non-hydrogen) atoms. The fraction of sp³-hybridized carbons (Fsp3) is 0.286. The first-order chi connectivity index (χ1) is 5.11. The molecular weight excluding hydrogens is 165 g/mol. The van der Waals surface area contributed by atoms with Crippen LogP contribution < -0.4 is 0 Å². The Morgan fingerprint density at radius 2 is 2.27 bits per heavy atom. The summed E-state index contributed by atoms with van der Waals surface area (Å²) in [6.07, 6.45) is -0.887. The van der Waals surface area contributed by atoms with Gasteiger partial charge in [0.2, 0.25) is 0 Å². The zero-order valence-electron chi connectivity index (χ0n) is 5.95. The van der Waals surface area contributed by atoms with Crippen LogP contribution in [0.15, 0.2) is 17.2 Å². The van der Waals surface area contributed by atoms with Crippen molar-refractivity contribution >= 4 is 12.6 Å². The molecule has 1 aromatic rings. The van der Waals surface area contributed by atoms with Crippen LogP contribution in [0, 0.1) is 5.82 Å². The minimum absolute atomic E-state index is 0.0394. The number of aliphatic hydroxyl groups is 1. The first-order valence-corrected chi connectivity index (χ1v) is 3.59. The first-order valence-electron chi connectivity index (χ1n) is 3.14. The van der Waals surface area contributed by atoms with Crippen molar-refractivity contribution in [2.45, 2.75) is 18.1 Å². The van der Waals surface area contributed by atoms with Crippen LogP contribution in [-0.2, 0) is 0 Å². The molecule has 2 nitrogen and oxygen atoms in total. The highest BCUT2D eigenvalue weighted by Gasteiger charge is 2.08. The average molecular weight is 173 g/mol. The van der Waals surface area contributed by atoms with Gasteiger partial charge in [0.1, 0.15) is 11.5 Å². The van der Waals surface area contributed by atoms with Gasteiger partial charge in [-0.3, -0.25) is 0 Å². The summed E-state index contributed by atoms with van der Waals surface area (Å²) in [5, 5.41) is 9.40. The first kappa shape index (κ1) is 8.49. The molecule has 0 fully saturated rings. The number of pyridine rings is 1. The van der Waals surface area contributed by atoms with Crippen LogP contribution in [0.4, 0.5) is 4.39 Å². The Balaban J connectivity index is 3.13. The van der Waals surface area contributed by atoms with Crippen LogP contribution in [-0.4, -0.2) is 10.1 Å². The Hall–Kier alpha value is -0.610. The van der Waals surface area contributed by atoms with Crippen LogP contribution in [0.5, 0.6) is 0 Å². The maximum Gasteiger partial charge on any atom is 0.147 e. The van der Waals surface area contributed by atoms with Crippen molar-refractivity contribution in [2.75, 3.05) is 0 Å². The van der Waals surface area contributed by atoms with Gasteiger partial charge < -0.3 is 5.11 Å². The third-order valence-corrected chi connectivity index (χ3v) is 1.50. The Labute approximate surface area is 69.5 Å². The van der Waals surface area contributed by atoms with E-state index in [1.807, 2.05) is 0 Å². The van der Waals surface area contributed by atoms with Crippen LogP contribution in [0.2, 0.25) is 0 Å². The van der Waals surface area contributed by atoms with Crippen LogP contribution >= 0.6 is 12.6 Å². The average Bonchev–Trinajstić information content (AvgIpc) is 1.94. The predicted molar refractivity (Wildman–Crippen MR) is 42.1 cm³/mol. The molecule has 0 bridgehead atoms. The van der Waals surface area contributed by atoms with Gasteiger partial charge in [-0.2, -0.15) is 0 Å². The van der Waals surface area contributed by atoms with Crippen LogP contribution in [0.1, 0.15) is 18.7 Å². The molecule has 0 spiro atoms. The number of halogens is 1. The summed E-state index contributed by atoms with van der Waals surface area (Å²) >= 11 is 3.91. The van der Waals surface area contributed by atoms with Crippen molar-refractivity contribution in [1.82, 2.24) is 4.98 Å². The Kier molecular flexibility index (Phi) is 2.46. The van der Waals surface area contributed by atoms with E-state index in [9.17, 15) is 4.39 Å². The van der Waals surface area contributed by atoms with Crippen molar-refractivity contribution < 1.29 is 9.50 Å². The molecule has 1 aromatic heterocycles. The summed E-state index contributed by atoms with van der Waals surface area (Å²) in [6, 6.07) is 2.67. The van der Waals surface area contributed by atoms with Gasteiger partial charge in [0.05, 0.1) is 11.1 Å². The smallest absolute Gasteiger partial charge is 0.147 e. The zero-order valence-corrected chi connectivity index (χ0v) is 6.85. The van der Waals surface area contributed by atoms with Crippen molar-refractivity contribution in [3.8, 4) is 0 Å². The van der Waals surface area contributed by atoms with Crippen LogP contribution in [0.3, 0.4) is 0 Å². The largest absolute Gasteiger partial charge is 0.387 e. The molecule has 1 N–H and O–H groups in total. The number of aromatic nitrogens is 1. The molecule has 1 atom stereocenters. The van der Waals surface area contributed by atoms with Crippen molar-refractivity contribution in [2.24, 2.45) is 0 Å². The Morgan fingerprint density at radius 3 is 2.73 bits per heavy atom. The lowest BCUT2D eigenvalue weighted by molar-refractivity contribution is 0.188. The molecule has 1 rings (SSSR count).